The highest BCUT2D eigenvalue weighted by molar-refractivity contribution is 7.96. The van der Waals surface area contributed by atoms with Crippen molar-refractivity contribution < 1.29 is 22.7 Å². The van der Waals surface area contributed by atoms with E-state index in [2.05, 4.69) is 0 Å². The zero-order valence-corrected chi connectivity index (χ0v) is 14.3. The number of sulfone groups is 1. The number of methoxy groups -OCH3 is 1. The smallest absolute Gasteiger partial charge is 0.355 e. The van der Waals surface area contributed by atoms with E-state index in [1.165, 1.54) is 14.0 Å². The largest absolute Gasteiger partial charge is 0.464 e. The number of β-lactam (4-membered cyclic amide) rings is 1. The summed E-state index contributed by atoms with van der Waals surface area (Å²) in [4.78, 5) is 25.5. The van der Waals surface area contributed by atoms with Gasteiger partial charge in [0, 0.05) is 0 Å². The van der Waals surface area contributed by atoms with Gasteiger partial charge in [0.1, 0.15) is 5.70 Å². The molecule has 0 bridgehead atoms. The van der Waals surface area contributed by atoms with E-state index in [4.69, 9.17) is 4.74 Å². The lowest BCUT2D eigenvalue weighted by Gasteiger charge is -2.47. The van der Waals surface area contributed by atoms with Gasteiger partial charge in [-0.25, -0.2) is 13.2 Å². The van der Waals surface area contributed by atoms with Crippen LogP contribution in [0.5, 0.6) is 0 Å². The van der Waals surface area contributed by atoms with Crippen LogP contribution in [0.15, 0.2) is 32.9 Å². The second-order valence-electron chi connectivity index (χ2n) is 5.78. The van der Waals surface area contributed by atoms with Crippen molar-refractivity contribution in [1.29, 1.82) is 0 Å². The summed E-state index contributed by atoms with van der Waals surface area (Å²) in [5.74, 6) is -1.17. The Kier molecular flexibility index (Phi) is 3.81. The summed E-state index contributed by atoms with van der Waals surface area (Å²) < 4.78 is 30.5. The van der Waals surface area contributed by atoms with E-state index in [0.29, 0.717) is 11.1 Å². The summed E-state index contributed by atoms with van der Waals surface area (Å²) in [6, 6.07) is 0. The zero-order chi connectivity index (χ0) is 17.0. The predicted molar refractivity (Wildman–Crippen MR) is 81.0 cm³/mol. The van der Waals surface area contributed by atoms with Crippen molar-refractivity contribution in [2.75, 3.05) is 7.11 Å². The van der Waals surface area contributed by atoms with Crippen molar-refractivity contribution in [2.45, 2.75) is 40.0 Å². The van der Waals surface area contributed by atoms with Crippen LogP contribution in [0.3, 0.4) is 0 Å². The summed E-state index contributed by atoms with van der Waals surface area (Å²) >= 11 is 0. The van der Waals surface area contributed by atoms with Gasteiger partial charge < -0.3 is 4.74 Å². The SMILES string of the molecule is COC(=O)C1=C(C)C(=C(C)C)S(=O)(=O)C2C(=C(C)C)C(=O)N12. The molecule has 1 fully saturated rings. The van der Waals surface area contributed by atoms with Crippen molar-refractivity contribution in [3.8, 4) is 0 Å². The van der Waals surface area contributed by atoms with E-state index >= 15 is 0 Å². The van der Waals surface area contributed by atoms with E-state index in [1.807, 2.05) is 0 Å². The van der Waals surface area contributed by atoms with Gasteiger partial charge in [-0.15, -0.1) is 0 Å². The topological polar surface area (TPSA) is 80.8 Å². The molecule has 2 aliphatic rings. The van der Waals surface area contributed by atoms with E-state index in [0.717, 1.165) is 4.90 Å². The summed E-state index contributed by atoms with van der Waals surface area (Å²) in [5.41, 5.74) is 1.70. The summed E-state index contributed by atoms with van der Waals surface area (Å²) in [6.45, 7) is 8.24. The van der Waals surface area contributed by atoms with E-state index in [9.17, 15) is 18.0 Å². The molecule has 1 amide bonds. The highest BCUT2D eigenvalue weighted by atomic mass is 32.2. The van der Waals surface area contributed by atoms with Crippen molar-refractivity contribution in [2.24, 2.45) is 0 Å². The van der Waals surface area contributed by atoms with Crippen LogP contribution in [0.2, 0.25) is 0 Å². The molecule has 0 aromatic heterocycles. The Balaban J connectivity index is 2.87. The van der Waals surface area contributed by atoms with E-state index in [1.54, 1.807) is 27.7 Å². The monoisotopic (exact) mass is 325 g/mol. The standard InChI is InChI=1S/C15H19NO5S/c1-7(2)10-13(17)16-11(15(18)21-6)9(5)12(8(3)4)22(19,20)14(10)16/h14H,1-6H3. The number of carbonyl (C=O) groups is 2. The molecule has 0 spiro atoms. The first kappa shape index (κ1) is 16.5. The van der Waals surface area contributed by atoms with Crippen LogP contribution >= 0.6 is 0 Å². The molecule has 2 heterocycles. The summed E-state index contributed by atoms with van der Waals surface area (Å²) in [5, 5.41) is -1.13. The number of ether oxygens (including phenoxy) is 1. The molecule has 0 N–H and O–H groups in total. The quantitative estimate of drug-likeness (QED) is 0.416. The maximum absolute atomic E-state index is 12.9. The second kappa shape index (κ2) is 5.08. The highest BCUT2D eigenvalue weighted by Crippen LogP contribution is 2.46. The van der Waals surface area contributed by atoms with Crippen LogP contribution in [-0.4, -0.2) is 37.7 Å². The van der Waals surface area contributed by atoms with Gasteiger partial charge in [-0.2, -0.15) is 0 Å². The van der Waals surface area contributed by atoms with Crippen LogP contribution in [0.25, 0.3) is 0 Å². The molecule has 6 nitrogen and oxygen atoms in total. The fraction of sp³-hybridized carbons (Fsp3) is 0.467. The third-order valence-electron chi connectivity index (χ3n) is 3.82. The average Bonchev–Trinajstić information content (AvgIpc) is 2.37. The number of hydrogen-bond donors (Lipinski definition) is 0. The van der Waals surface area contributed by atoms with E-state index < -0.39 is 27.1 Å². The lowest BCUT2D eigenvalue weighted by Crippen LogP contribution is -2.62. The molecule has 0 aromatic carbocycles. The van der Waals surface area contributed by atoms with Crippen molar-refractivity contribution in [1.82, 2.24) is 4.90 Å². The van der Waals surface area contributed by atoms with Crippen LogP contribution in [0.4, 0.5) is 0 Å². The number of hydrogen-bond acceptors (Lipinski definition) is 5. The van der Waals surface area contributed by atoms with Crippen molar-refractivity contribution in [3.05, 3.63) is 32.9 Å². The summed E-state index contributed by atoms with van der Waals surface area (Å²) in [7, 11) is -2.55. The molecule has 0 aliphatic carbocycles. The highest BCUT2D eigenvalue weighted by Gasteiger charge is 2.58. The van der Waals surface area contributed by atoms with Crippen molar-refractivity contribution >= 4 is 21.7 Å². The molecule has 120 valence electrons. The average molecular weight is 325 g/mol. The van der Waals surface area contributed by atoms with Crippen LogP contribution in [0.1, 0.15) is 34.6 Å². The molecule has 22 heavy (non-hydrogen) atoms. The Hall–Kier alpha value is -1.89. The second-order valence-corrected chi connectivity index (χ2v) is 7.73. The summed E-state index contributed by atoms with van der Waals surface area (Å²) in [6.07, 6.45) is 0. The molecule has 2 rings (SSSR count). The molecule has 1 atom stereocenters. The number of esters is 1. The van der Waals surface area contributed by atoms with Gasteiger partial charge in [0.2, 0.25) is 9.84 Å². The molecule has 0 saturated carbocycles. The Bertz CT molecular complexity index is 775. The first-order valence-electron chi connectivity index (χ1n) is 6.79. The molecule has 2 aliphatic heterocycles. The lowest BCUT2D eigenvalue weighted by molar-refractivity contribution is -0.144. The molecular formula is C15H19NO5S. The van der Waals surface area contributed by atoms with Gasteiger partial charge in [-0.05, 0) is 40.2 Å². The van der Waals surface area contributed by atoms with Gasteiger partial charge in [-0.1, -0.05) is 11.1 Å². The number of allylic oxidation sites excluding steroid dienone is 3. The zero-order valence-electron chi connectivity index (χ0n) is 13.5. The van der Waals surface area contributed by atoms with Crippen LogP contribution in [-0.2, 0) is 24.2 Å². The number of rotatable bonds is 1. The number of carbonyl (C=O) groups excluding carboxylic acids is 2. The maximum Gasteiger partial charge on any atom is 0.355 e. The fourth-order valence-corrected chi connectivity index (χ4v) is 5.44. The van der Waals surface area contributed by atoms with E-state index in [-0.39, 0.29) is 21.7 Å². The van der Waals surface area contributed by atoms with Gasteiger partial charge in [0.05, 0.1) is 17.6 Å². The minimum absolute atomic E-state index is 0.00789. The number of amides is 1. The third-order valence-corrected chi connectivity index (χ3v) is 6.14. The third kappa shape index (κ3) is 1.95. The van der Waals surface area contributed by atoms with Gasteiger partial charge in [0.15, 0.2) is 5.37 Å². The lowest BCUT2D eigenvalue weighted by atomic mass is 9.97. The van der Waals surface area contributed by atoms with Crippen LogP contribution in [0, 0.1) is 0 Å². The first-order valence-corrected chi connectivity index (χ1v) is 8.33. The predicted octanol–water partition coefficient (Wildman–Crippen LogP) is 1.66. The Morgan fingerprint density at radius 2 is 1.68 bits per heavy atom. The fourth-order valence-electron chi connectivity index (χ4n) is 3.00. The molecule has 0 radical (unpaired) electrons. The molecule has 1 unspecified atom stereocenters. The van der Waals surface area contributed by atoms with Crippen molar-refractivity contribution in [3.63, 3.8) is 0 Å². The normalized spacial score (nSPS) is 23.1. The number of fused-ring (bicyclic) bond motifs is 1. The Labute approximate surface area is 130 Å². The number of nitrogens with zero attached hydrogens (tertiary/aromatic N) is 1. The maximum atomic E-state index is 12.9. The molecule has 0 aromatic rings. The molecule has 7 heteroatoms. The minimum Gasteiger partial charge on any atom is -0.464 e. The first-order chi connectivity index (χ1) is 10.1. The molecule has 1 saturated heterocycles. The molecular weight excluding hydrogens is 306 g/mol. The Morgan fingerprint density at radius 3 is 2.09 bits per heavy atom. The Morgan fingerprint density at radius 1 is 1.14 bits per heavy atom. The van der Waals surface area contributed by atoms with Gasteiger partial charge in [-0.3, -0.25) is 9.69 Å². The van der Waals surface area contributed by atoms with Gasteiger partial charge >= 0.3 is 5.97 Å². The van der Waals surface area contributed by atoms with Gasteiger partial charge in [0.25, 0.3) is 5.91 Å². The van der Waals surface area contributed by atoms with Crippen LogP contribution < -0.4 is 0 Å². The minimum atomic E-state index is -3.75.